The van der Waals surface area contributed by atoms with Crippen LogP contribution in [-0.4, -0.2) is 63.6 Å². The average Bonchev–Trinajstić information content (AvgIpc) is 3.85. The number of thiazole rings is 1. The van der Waals surface area contributed by atoms with Crippen molar-refractivity contribution in [1.29, 1.82) is 5.26 Å². The highest BCUT2D eigenvalue weighted by molar-refractivity contribution is 7.10. The van der Waals surface area contributed by atoms with Gasteiger partial charge < -0.3 is 14.8 Å². The number of ether oxygens (including phenoxy) is 2. The van der Waals surface area contributed by atoms with Crippen LogP contribution in [0.5, 0.6) is 0 Å². The molecule has 1 aliphatic rings. The number of benzene rings is 3. The maximum Gasteiger partial charge on any atom is 0.340 e. The van der Waals surface area contributed by atoms with Gasteiger partial charge in [0.1, 0.15) is 29.9 Å². The zero-order valence-electron chi connectivity index (χ0n) is 27.8. The van der Waals surface area contributed by atoms with E-state index >= 15 is 4.39 Å². The first kappa shape index (κ1) is 35.0. The van der Waals surface area contributed by atoms with Crippen molar-refractivity contribution in [1.82, 2.24) is 30.0 Å². The number of aromatic nitrogens is 4. The predicted molar refractivity (Wildman–Crippen MR) is 184 cm³/mol. The number of carbonyl (C=O) groups is 1. The molecule has 0 aliphatic carbocycles. The number of carbonyl (C=O) groups excluding carboxylic acids is 1. The van der Waals surface area contributed by atoms with Crippen LogP contribution >= 0.6 is 11.3 Å². The first-order valence-electron chi connectivity index (χ1n) is 16.4. The number of nitrogens with one attached hydrogen (secondary N) is 1. The molecule has 1 saturated heterocycles. The molecule has 3 atom stereocenters. The lowest BCUT2D eigenvalue weighted by molar-refractivity contribution is -0.148. The van der Waals surface area contributed by atoms with Gasteiger partial charge in [0.2, 0.25) is 0 Å². The van der Waals surface area contributed by atoms with Crippen LogP contribution in [0.15, 0.2) is 84.8 Å². The van der Waals surface area contributed by atoms with E-state index in [0.717, 1.165) is 55.9 Å². The molecule has 1 N–H and O–H groups in total. The monoisotopic (exact) mass is 697 g/mol. The molecule has 1 aliphatic heterocycles. The Balaban J connectivity index is 1.27. The van der Waals surface area contributed by atoms with Crippen molar-refractivity contribution in [3.8, 4) is 17.3 Å². The Labute approximate surface area is 293 Å². The van der Waals surface area contributed by atoms with Crippen LogP contribution in [-0.2, 0) is 21.6 Å². The van der Waals surface area contributed by atoms with Gasteiger partial charge in [-0.05, 0) is 42.3 Å². The largest absolute Gasteiger partial charge is 0.435 e. The third kappa shape index (κ3) is 7.64. The molecular weight excluding hydrogens is 661 g/mol. The van der Waals surface area contributed by atoms with Crippen LogP contribution in [0.1, 0.15) is 64.3 Å². The molecule has 2 aromatic heterocycles. The Morgan fingerprint density at radius 3 is 2.52 bits per heavy atom. The maximum atomic E-state index is 15.8. The quantitative estimate of drug-likeness (QED) is 0.110. The molecule has 50 heavy (non-hydrogen) atoms. The first-order valence-corrected chi connectivity index (χ1v) is 17.3. The lowest BCUT2D eigenvalue weighted by Crippen LogP contribution is -2.45. The zero-order valence-corrected chi connectivity index (χ0v) is 28.6. The third-order valence-corrected chi connectivity index (χ3v) is 10.2. The van der Waals surface area contributed by atoms with Gasteiger partial charge in [-0.3, -0.25) is 4.90 Å². The standard InChI is InChI=1S/C37H37F2N7O3S/c1-3-34(45-16-14-41-15-17-45)28-8-10-29(11-9-28)36(47)48-24-49-37(21-46-23-42-22-43-46,31-13-12-30(38)18-32(31)39)25(2)35-44-33(20-50-35)27-6-4-26(19-40)5-7-27/h4-13,18,20,22-23,25,34,41H,3,14-17,21,24H2,1-2H3. The lowest BCUT2D eigenvalue weighted by Gasteiger charge is -2.38. The van der Waals surface area contributed by atoms with Crippen LogP contribution in [0, 0.1) is 23.0 Å². The SMILES string of the molecule is CCC(c1ccc(C(=O)OCOC(Cn2cncn2)(c2ccc(F)cc2F)C(C)c2nc(-c3ccc(C#N)cc3)cs2)cc1)N1CCNCC1. The number of hydrogen-bond donors (Lipinski definition) is 1. The van der Waals surface area contributed by atoms with E-state index in [2.05, 4.69) is 33.3 Å². The molecule has 0 saturated carbocycles. The van der Waals surface area contributed by atoms with Gasteiger partial charge in [-0.1, -0.05) is 44.2 Å². The Bertz CT molecular complexity index is 1920. The Kier molecular flexibility index (Phi) is 11.0. The second kappa shape index (κ2) is 15.8. The van der Waals surface area contributed by atoms with Crippen molar-refractivity contribution in [2.45, 2.75) is 44.4 Å². The number of hydrogen-bond acceptors (Lipinski definition) is 10. The fourth-order valence-corrected chi connectivity index (χ4v) is 7.40. The summed E-state index contributed by atoms with van der Waals surface area (Å²) in [5.41, 5.74) is 1.92. The molecule has 6 rings (SSSR count). The second-order valence-corrected chi connectivity index (χ2v) is 13.0. The molecule has 258 valence electrons. The van der Waals surface area contributed by atoms with Crippen LogP contribution in [0.2, 0.25) is 0 Å². The minimum Gasteiger partial charge on any atom is -0.435 e. The van der Waals surface area contributed by atoms with E-state index in [-0.39, 0.29) is 18.2 Å². The molecule has 1 fully saturated rings. The summed E-state index contributed by atoms with van der Waals surface area (Å²) in [6, 6.07) is 20.1. The summed E-state index contributed by atoms with van der Waals surface area (Å²) >= 11 is 1.35. The molecule has 10 nitrogen and oxygen atoms in total. The molecule has 3 unspecified atom stereocenters. The van der Waals surface area contributed by atoms with Gasteiger partial charge in [-0.2, -0.15) is 10.4 Å². The highest BCUT2D eigenvalue weighted by atomic mass is 32.1. The van der Waals surface area contributed by atoms with Gasteiger partial charge >= 0.3 is 5.97 Å². The van der Waals surface area contributed by atoms with Crippen molar-refractivity contribution in [3.63, 3.8) is 0 Å². The Hall–Kier alpha value is -4.87. The van der Waals surface area contributed by atoms with Gasteiger partial charge in [0.05, 0.1) is 34.4 Å². The molecule has 13 heteroatoms. The number of rotatable bonds is 13. The summed E-state index contributed by atoms with van der Waals surface area (Å²) in [5, 5.41) is 19.3. The molecular formula is C37H37F2N7O3S. The summed E-state index contributed by atoms with van der Waals surface area (Å²) in [6.45, 7) is 7.19. The minimum atomic E-state index is -1.58. The first-order chi connectivity index (χ1) is 24.3. The predicted octanol–water partition coefficient (Wildman–Crippen LogP) is 6.44. The number of esters is 1. The second-order valence-electron chi connectivity index (χ2n) is 12.1. The minimum absolute atomic E-state index is 0.0379. The van der Waals surface area contributed by atoms with Crippen LogP contribution in [0.25, 0.3) is 11.3 Å². The van der Waals surface area contributed by atoms with Gasteiger partial charge in [0.25, 0.3) is 0 Å². The van der Waals surface area contributed by atoms with E-state index in [1.807, 2.05) is 24.4 Å². The smallest absolute Gasteiger partial charge is 0.340 e. The summed E-state index contributed by atoms with van der Waals surface area (Å²) in [7, 11) is 0. The van der Waals surface area contributed by atoms with Crippen molar-refractivity contribution in [3.05, 3.63) is 124 Å². The highest BCUT2D eigenvalue weighted by Crippen LogP contribution is 2.44. The third-order valence-electron chi connectivity index (χ3n) is 9.17. The summed E-state index contributed by atoms with van der Waals surface area (Å²) in [5.74, 6) is -2.84. The van der Waals surface area contributed by atoms with E-state index in [0.29, 0.717) is 21.8 Å². The van der Waals surface area contributed by atoms with Crippen molar-refractivity contribution >= 4 is 17.3 Å². The van der Waals surface area contributed by atoms with Crippen LogP contribution in [0.3, 0.4) is 0 Å². The van der Waals surface area contributed by atoms with Crippen molar-refractivity contribution < 1.29 is 23.0 Å². The molecule has 0 bridgehead atoms. The molecule has 3 heterocycles. The van der Waals surface area contributed by atoms with E-state index in [1.54, 1.807) is 36.4 Å². The topological polar surface area (TPSA) is 118 Å². The fourth-order valence-electron chi connectivity index (χ4n) is 6.44. The van der Waals surface area contributed by atoms with Gasteiger partial charge in [-0.25, -0.2) is 28.2 Å². The normalized spacial score (nSPS) is 15.9. The van der Waals surface area contributed by atoms with E-state index < -0.39 is 35.9 Å². The molecule has 0 amide bonds. The number of nitriles is 1. The van der Waals surface area contributed by atoms with Gasteiger partial charge in [0.15, 0.2) is 6.79 Å². The number of piperazine rings is 1. The highest BCUT2D eigenvalue weighted by Gasteiger charge is 2.45. The number of nitrogens with zero attached hydrogens (tertiary/aromatic N) is 6. The van der Waals surface area contributed by atoms with Crippen LogP contribution in [0.4, 0.5) is 8.78 Å². The fraction of sp³-hybridized carbons (Fsp3) is 0.324. The molecule has 3 aromatic carbocycles. The number of halogens is 2. The van der Waals surface area contributed by atoms with Gasteiger partial charge in [-0.15, -0.1) is 11.3 Å². The zero-order chi connectivity index (χ0) is 35.1. The Morgan fingerprint density at radius 1 is 1.10 bits per heavy atom. The summed E-state index contributed by atoms with van der Waals surface area (Å²) in [6.07, 6.45) is 3.75. The molecule has 5 aromatic rings. The maximum absolute atomic E-state index is 15.8. The Morgan fingerprint density at radius 2 is 1.86 bits per heavy atom. The van der Waals surface area contributed by atoms with E-state index in [9.17, 15) is 14.4 Å². The lowest BCUT2D eigenvalue weighted by atomic mass is 9.81. The molecule has 0 radical (unpaired) electrons. The molecule has 0 spiro atoms. The van der Waals surface area contributed by atoms with E-state index in [4.69, 9.17) is 14.5 Å². The van der Waals surface area contributed by atoms with E-state index in [1.165, 1.54) is 34.7 Å². The summed E-state index contributed by atoms with van der Waals surface area (Å²) < 4.78 is 43.6. The van der Waals surface area contributed by atoms with Crippen molar-refractivity contribution in [2.75, 3.05) is 33.0 Å². The van der Waals surface area contributed by atoms with Gasteiger partial charge in [0, 0.05) is 60.7 Å². The summed E-state index contributed by atoms with van der Waals surface area (Å²) in [4.78, 5) is 24.6. The van der Waals surface area contributed by atoms with Crippen LogP contribution < -0.4 is 5.32 Å². The van der Waals surface area contributed by atoms with Crippen molar-refractivity contribution in [2.24, 2.45) is 0 Å². The average molecular weight is 698 g/mol.